The Labute approximate surface area is 202 Å². The Morgan fingerprint density at radius 1 is 0.788 bits per heavy atom. The molecular weight excluding hydrogens is 416 g/mol. The van der Waals surface area contributed by atoms with Gasteiger partial charge >= 0.3 is 11.9 Å². The molecule has 0 aromatic carbocycles. The molecule has 0 aromatic rings. The Kier molecular flexibility index (Phi) is 13.4. The van der Waals surface area contributed by atoms with Crippen LogP contribution in [-0.2, 0) is 19.1 Å². The summed E-state index contributed by atoms with van der Waals surface area (Å²) < 4.78 is 10.4. The van der Waals surface area contributed by atoms with Gasteiger partial charge in [-0.2, -0.15) is 0 Å². The van der Waals surface area contributed by atoms with E-state index in [2.05, 4.69) is 24.5 Å². The molecule has 2 N–H and O–H groups in total. The Balaban J connectivity index is 1.66. The molecule has 0 aliphatic heterocycles. The van der Waals surface area contributed by atoms with Gasteiger partial charge in [-0.15, -0.1) is 0 Å². The van der Waals surface area contributed by atoms with Gasteiger partial charge in [0.1, 0.15) is 6.04 Å². The molecule has 0 radical (unpaired) electrons. The zero-order chi connectivity index (χ0) is 24.1. The maximum Gasteiger partial charge on any atom is 0.323 e. The molecule has 0 heterocycles. The Bertz CT molecular complexity index is 554. The first kappa shape index (κ1) is 28.1. The molecular formula is C27H50N2O4. The summed E-state index contributed by atoms with van der Waals surface area (Å²) in [7, 11) is 0. The SMILES string of the molecule is CCCC(NC1CCC(CC2CCC(NC(CC)CC(=O)OCC)CC2)CC1)C(=O)OCC. The molecule has 0 amide bonds. The van der Waals surface area contributed by atoms with E-state index in [0.717, 1.165) is 31.1 Å². The van der Waals surface area contributed by atoms with Gasteiger partial charge in [0.15, 0.2) is 0 Å². The fourth-order valence-electron chi connectivity index (χ4n) is 5.76. The highest BCUT2D eigenvalue weighted by Gasteiger charge is 2.30. The van der Waals surface area contributed by atoms with Crippen molar-refractivity contribution in [1.29, 1.82) is 0 Å². The van der Waals surface area contributed by atoms with E-state index in [1.54, 1.807) is 0 Å². The third-order valence-electron chi connectivity index (χ3n) is 7.63. The van der Waals surface area contributed by atoms with E-state index in [9.17, 15) is 9.59 Å². The van der Waals surface area contributed by atoms with Crippen LogP contribution in [0.5, 0.6) is 0 Å². The number of esters is 2. The zero-order valence-corrected chi connectivity index (χ0v) is 21.7. The van der Waals surface area contributed by atoms with Gasteiger partial charge < -0.3 is 20.1 Å². The number of nitrogens with one attached hydrogen (secondary N) is 2. The first-order valence-corrected chi connectivity index (χ1v) is 13.8. The van der Waals surface area contributed by atoms with E-state index >= 15 is 0 Å². The van der Waals surface area contributed by atoms with Crippen LogP contribution in [0.25, 0.3) is 0 Å². The maximum absolute atomic E-state index is 12.2. The summed E-state index contributed by atoms with van der Waals surface area (Å²) >= 11 is 0. The lowest BCUT2D eigenvalue weighted by Crippen LogP contribution is -2.45. The zero-order valence-electron chi connectivity index (χ0n) is 21.7. The Morgan fingerprint density at radius 3 is 1.82 bits per heavy atom. The van der Waals surface area contributed by atoms with Crippen molar-refractivity contribution in [3.63, 3.8) is 0 Å². The van der Waals surface area contributed by atoms with Gasteiger partial charge in [-0.1, -0.05) is 20.3 Å². The summed E-state index contributed by atoms with van der Waals surface area (Å²) in [5, 5.41) is 7.33. The summed E-state index contributed by atoms with van der Waals surface area (Å²) in [6, 6.07) is 1.08. The van der Waals surface area contributed by atoms with Crippen molar-refractivity contribution >= 4 is 11.9 Å². The predicted molar refractivity (Wildman–Crippen MR) is 133 cm³/mol. The standard InChI is InChI=1S/C27H50N2O4/c1-5-9-25(27(31)33-8-4)29-24-16-12-21(13-17-24)18-20-10-14-23(15-11-20)28-22(6-2)19-26(30)32-7-3/h20-25,28-29H,5-19H2,1-4H3. The van der Waals surface area contributed by atoms with Crippen molar-refractivity contribution in [2.24, 2.45) is 11.8 Å². The average molecular weight is 467 g/mol. The van der Waals surface area contributed by atoms with Crippen LogP contribution < -0.4 is 10.6 Å². The summed E-state index contributed by atoms with van der Waals surface area (Å²) in [4.78, 5) is 24.0. The van der Waals surface area contributed by atoms with Crippen molar-refractivity contribution in [3.8, 4) is 0 Å². The molecule has 192 valence electrons. The lowest BCUT2D eigenvalue weighted by molar-refractivity contribution is -0.146. The molecule has 0 spiro atoms. The largest absolute Gasteiger partial charge is 0.466 e. The molecule has 33 heavy (non-hydrogen) atoms. The van der Waals surface area contributed by atoms with Crippen molar-refractivity contribution in [2.45, 2.75) is 135 Å². The quantitative estimate of drug-likeness (QED) is 0.345. The number of carbonyl (C=O) groups is 2. The molecule has 0 bridgehead atoms. The molecule has 2 aliphatic carbocycles. The molecule has 2 rings (SSSR count). The number of rotatable bonds is 14. The second-order valence-electron chi connectivity index (χ2n) is 10.2. The van der Waals surface area contributed by atoms with Gasteiger partial charge in [0.25, 0.3) is 0 Å². The molecule has 2 saturated carbocycles. The van der Waals surface area contributed by atoms with Gasteiger partial charge in [-0.05, 0) is 96.3 Å². The third kappa shape index (κ3) is 10.3. The highest BCUT2D eigenvalue weighted by Crippen LogP contribution is 2.35. The van der Waals surface area contributed by atoms with Crippen LogP contribution in [-0.4, -0.2) is 49.3 Å². The summed E-state index contributed by atoms with van der Waals surface area (Å²) in [6.45, 7) is 8.92. The minimum absolute atomic E-state index is 0.0839. The molecule has 2 fully saturated rings. The van der Waals surface area contributed by atoms with Gasteiger partial charge in [0, 0.05) is 18.1 Å². The molecule has 2 aliphatic rings. The minimum Gasteiger partial charge on any atom is -0.466 e. The molecule has 2 atom stereocenters. The van der Waals surface area contributed by atoms with E-state index in [1.165, 1.54) is 57.8 Å². The van der Waals surface area contributed by atoms with Crippen LogP contribution in [0.4, 0.5) is 0 Å². The lowest BCUT2D eigenvalue weighted by Gasteiger charge is -2.36. The highest BCUT2D eigenvalue weighted by molar-refractivity contribution is 5.75. The summed E-state index contributed by atoms with van der Waals surface area (Å²) in [5.41, 5.74) is 0. The summed E-state index contributed by atoms with van der Waals surface area (Å²) in [5.74, 6) is 1.50. The first-order chi connectivity index (χ1) is 16.0. The normalized spacial score (nSPS) is 27.5. The van der Waals surface area contributed by atoms with Crippen molar-refractivity contribution < 1.29 is 19.1 Å². The summed E-state index contributed by atoms with van der Waals surface area (Å²) in [6.07, 6.45) is 14.6. The van der Waals surface area contributed by atoms with Crippen LogP contribution in [0.15, 0.2) is 0 Å². The fraction of sp³-hybridized carbons (Fsp3) is 0.926. The van der Waals surface area contributed by atoms with Crippen LogP contribution >= 0.6 is 0 Å². The van der Waals surface area contributed by atoms with Crippen LogP contribution in [0.2, 0.25) is 0 Å². The maximum atomic E-state index is 12.2. The first-order valence-electron chi connectivity index (χ1n) is 13.8. The smallest absolute Gasteiger partial charge is 0.323 e. The minimum atomic E-state index is -0.143. The number of carbonyl (C=O) groups excluding carboxylic acids is 2. The number of ether oxygens (including phenoxy) is 2. The van der Waals surface area contributed by atoms with E-state index in [4.69, 9.17) is 9.47 Å². The molecule has 0 aromatic heterocycles. The Morgan fingerprint density at radius 2 is 1.33 bits per heavy atom. The van der Waals surface area contributed by atoms with E-state index in [-0.39, 0.29) is 24.0 Å². The van der Waals surface area contributed by atoms with Crippen molar-refractivity contribution in [2.75, 3.05) is 13.2 Å². The highest BCUT2D eigenvalue weighted by atomic mass is 16.5. The van der Waals surface area contributed by atoms with Gasteiger partial charge in [0.2, 0.25) is 0 Å². The number of hydrogen-bond donors (Lipinski definition) is 2. The molecule has 6 nitrogen and oxygen atoms in total. The van der Waals surface area contributed by atoms with Gasteiger partial charge in [-0.25, -0.2) is 0 Å². The molecule has 6 heteroatoms. The number of hydrogen-bond acceptors (Lipinski definition) is 6. The topological polar surface area (TPSA) is 76.7 Å². The molecule has 0 saturated heterocycles. The van der Waals surface area contributed by atoms with E-state index in [0.29, 0.717) is 31.7 Å². The van der Waals surface area contributed by atoms with Crippen LogP contribution in [0, 0.1) is 11.8 Å². The second-order valence-corrected chi connectivity index (χ2v) is 10.2. The van der Waals surface area contributed by atoms with Crippen molar-refractivity contribution in [3.05, 3.63) is 0 Å². The van der Waals surface area contributed by atoms with Crippen LogP contribution in [0.1, 0.15) is 111 Å². The van der Waals surface area contributed by atoms with E-state index in [1.807, 2.05) is 13.8 Å². The predicted octanol–water partition coefficient (Wildman–Crippen LogP) is 5.14. The van der Waals surface area contributed by atoms with Crippen molar-refractivity contribution in [1.82, 2.24) is 10.6 Å². The monoisotopic (exact) mass is 466 g/mol. The van der Waals surface area contributed by atoms with E-state index < -0.39 is 0 Å². The lowest BCUT2D eigenvalue weighted by atomic mass is 9.75. The fourth-order valence-corrected chi connectivity index (χ4v) is 5.76. The Hall–Kier alpha value is -1.14. The van der Waals surface area contributed by atoms with Gasteiger partial charge in [0.05, 0.1) is 19.6 Å². The molecule has 2 unspecified atom stereocenters. The average Bonchev–Trinajstić information content (AvgIpc) is 2.81. The van der Waals surface area contributed by atoms with Crippen LogP contribution in [0.3, 0.4) is 0 Å². The third-order valence-corrected chi connectivity index (χ3v) is 7.63. The second kappa shape index (κ2) is 15.7. The van der Waals surface area contributed by atoms with Gasteiger partial charge in [-0.3, -0.25) is 9.59 Å².